The second-order valence-corrected chi connectivity index (χ2v) is 7.14. The van der Waals surface area contributed by atoms with E-state index in [2.05, 4.69) is 15.4 Å². The van der Waals surface area contributed by atoms with E-state index in [1.807, 2.05) is 36.4 Å². The number of likely N-dealkylation sites (tertiary alicyclic amines) is 1. The maximum Gasteiger partial charge on any atom is 0.273 e. The Bertz CT molecular complexity index is 912. The Hall–Kier alpha value is -3.06. The molecule has 7 heteroatoms. The van der Waals surface area contributed by atoms with Crippen molar-refractivity contribution in [1.29, 1.82) is 0 Å². The number of hydrogen-bond acceptors (Lipinski definition) is 6. The Kier molecular flexibility index (Phi) is 5.95. The molecule has 0 aliphatic carbocycles. The zero-order valence-corrected chi connectivity index (χ0v) is 16.5. The van der Waals surface area contributed by atoms with Crippen molar-refractivity contribution >= 4 is 5.91 Å². The van der Waals surface area contributed by atoms with E-state index in [4.69, 9.17) is 13.7 Å². The molecule has 3 aromatic rings. The number of ether oxygens (including phenoxy) is 1. The predicted molar refractivity (Wildman–Crippen MR) is 108 cm³/mol. The lowest BCUT2D eigenvalue weighted by Crippen LogP contribution is -2.40. The van der Waals surface area contributed by atoms with E-state index < -0.39 is 0 Å². The normalized spacial score (nSPS) is 15.8. The average Bonchev–Trinajstić information content (AvgIpc) is 3.47. The van der Waals surface area contributed by atoms with Crippen molar-refractivity contribution in [2.24, 2.45) is 0 Å². The van der Waals surface area contributed by atoms with Crippen molar-refractivity contribution in [3.63, 3.8) is 0 Å². The number of benzene rings is 1. The van der Waals surface area contributed by atoms with Gasteiger partial charge in [-0.1, -0.05) is 11.6 Å². The molecule has 1 amide bonds. The lowest BCUT2D eigenvalue weighted by molar-refractivity contribution is 0.0905. The molecule has 1 aliphatic heterocycles. The van der Waals surface area contributed by atoms with E-state index in [-0.39, 0.29) is 17.6 Å². The third-order valence-corrected chi connectivity index (χ3v) is 5.28. The number of piperidine rings is 1. The van der Waals surface area contributed by atoms with Crippen LogP contribution in [0, 0.1) is 0 Å². The standard InChI is InChI=1S/C22H25N3O4/c1-27-17-9-7-16(8-10-17)21-14-18(24-29-21)22(26)23-15-19(20-6-5-13-28-20)25-11-3-2-4-12-25/h5-10,13-14,19H,2-4,11-12,15H2,1H3,(H,23,26)/t19-/m0/s1. The van der Waals surface area contributed by atoms with Crippen LogP contribution < -0.4 is 10.1 Å². The zero-order chi connectivity index (χ0) is 20.1. The van der Waals surface area contributed by atoms with E-state index in [9.17, 15) is 4.79 Å². The first-order valence-electron chi connectivity index (χ1n) is 9.91. The summed E-state index contributed by atoms with van der Waals surface area (Å²) in [7, 11) is 1.62. The monoisotopic (exact) mass is 395 g/mol. The highest BCUT2D eigenvalue weighted by atomic mass is 16.5. The Balaban J connectivity index is 1.42. The molecule has 0 radical (unpaired) electrons. The van der Waals surface area contributed by atoms with Crippen molar-refractivity contribution in [3.8, 4) is 17.1 Å². The SMILES string of the molecule is COc1ccc(-c2cc(C(=O)NC[C@@H](c3ccco3)N3CCCCC3)no2)cc1. The van der Waals surface area contributed by atoms with E-state index in [1.54, 1.807) is 19.4 Å². The van der Waals surface area contributed by atoms with Crippen molar-refractivity contribution in [3.05, 3.63) is 60.2 Å². The van der Waals surface area contributed by atoms with Crippen LogP contribution in [0.25, 0.3) is 11.3 Å². The molecule has 0 bridgehead atoms. The highest BCUT2D eigenvalue weighted by molar-refractivity contribution is 5.93. The minimum atomic E-state index is -0.262. The summed E-state index contributed by atoms with van der Waals surface area (Å²) in [6.45, 7) is 2.47. The van der Waals surface area contributed by atoms with Gasteiger partial charge in [0.1, 0.15) is 11.5 Å². The molecule has 0 spiro atoms. The summed E-state index contributed by atoms with van der Waals surface area (Å²) in [5.74, 6) is 1.90. The van der Waals surface area contributed by atoms with Crippen LogP contribution in [0.15, 0.2) is 57.7 Å². The fraction of sp³-hybridized carbons (Fsp3) is 0.364. The molecule has 2 aromatic heterocycles. The van der Waals surface area contributed by atoms with Crippen LogP contribution >= 0.6 is 0 Å². The summed E-state index contributed by atoms with van der Waals surface area (Å²) >= 11 is 0. The molecule has 1 fully saturated rings. The van der Waals surface area contributed by atoms with Gasteiger partial charge in [0, 0.05) is 18.2 Å². The van der Waals surface area contributed by atoms with Crippen molar-refractivity contribution in [2.75, 3.05) is 26.7 Å². The van der Waals surface area contributed by atoms with Gasteiger partial charge in [-0.05, 0) is 62.3 Å². The van der Waals surface area contributed by atoms with Crippen LogP contribution in [-0.4, -0.2) is 42.7 Å². The van der Waals surface area contributed by atoms with E-state index in [0.29, 0.717) is 12.3 Å². The second-order valence-electron chi connectivity index (χ2n) is 7.14. The number of rotatable bonds is 7. The van der Waals surface area contributed by atoms with Crippen LogP contribution in [-0.2, 0) is 0 Å². The summed E-state index contributed by atoms with van der Waals surface area (Å²) in [4.78, 5) is 15.0. The van der Waals surface area contributed by atoms with E-state index in [0.717, 1.165) is 30.2 Å². The number of amides is 1. The fourth-order valence-corrected chi connectivity index (χ4v) is 3.67. The topological polar surface area (TPSA) is 80.7 Å². The summed E-state index contributed by atoms with van der Waals surface area (Å²) in [6, 6.07) is 12.9. The lowest BCUT2D eigenvalue weighted by atomic mass is 10.1. The van der Waals surface area contributed by atoms with Crippen LogP contribution in [0.2, 0.25) is 0 Å². The predicted octanol–water partition coefficient (Wildman–Crippen LogP) is 3.90. The summed E-state index contributed by atoms with van der Waals surface area (Å²) in [5, 5.41) is 6.92. The van der Waals surface area contributed by atoms with Gasteiger partial charge in [-0.15, -0.1) is 0 Å². The first kappa shape index (κ1) is 19.3. The van der Waals surface area contributed by atoms with Crippen molar-refractivity contribution < 1.29 is 18.5 Å². The van der Waals surface area contributed by atoms with Gasteiger partial charge in [0.25, 0.3) is 5.91 Å². The molecule has 0 saturated carbocycles. The van der Waals surface area contributed by atoms with Gasteiger partial charge in [0.05, 0.1) is 19.4 Å². The Morgan fingerprint density at radius 2 is 2.00 bits per heavy atom. The fourth-order valence-electron chi connectivity index (χ4n) is 3.67. The average molecular weight is 395 g/mol. The van der Waals surface area contributed by atoms with E-state index in [1.165, 1.54) is 19.3 Å². The number of carbonyl (C=O) groups is 1. The van der Waals surface area contributed by atoms with Gasteiger partial charge in [-0.25, -0.2) is 0 Å². The lowest BCUT2D eigenvalue weighted by Gasteiger charge is -2.33. The third-order valence-electron chi connectivity index (χ3n) is 5.28. The Labute approximate surface area is 169 Å². The number of furan rings is 1. The van der Waals surface area contributed by atoms with Crippen molar-refractivity contribution in [1.82, 2.24) is 15.4 Å². The first-order valence-corrected chi connectivity index (χ1v) is 9.91. The molecule has 1 aliphatic rings. The van der Waals surface area contributed by atoms with Gasteiger partial charge in [0.2, 0.25) is 0 Å². The maximum atomic E-state index is 12.6. The van der Waals surface area contributed by atoms with Crippen LogP contribution in [0.4, 0.5) is 0 Å². The number of aromatic nitrogens is 1. The van der Waals surface area contributed by atoms with Crippen LogP contribution in [0.3, 0.4) is 0 Å². The van der Waals surface area contributed by atoms with Crippen molar-refractivity contribution in [2.45, 2.75) is 25.3 Å². The maximum absolute atomic E-state index is 12.6. The van der Waals surface area contributed by atoms with Gasteiger partial charge in [0.15, 0.2) is 11.5 Å². The molecular formula is C22H25N3O4. The number of carbonyl (C=O) groups excluding carboxylic acids is 1. The molecule has 1 atom stereocenters. The molecule has 4 rings (SSSR count). The molecule has 1 N–H and O–H groups in total. The zero-order valence-electron chi connectivity index (χ0n) is 16.5. The van der Waals surface area contributed by atoms with Gasteiger partial charge >= 0.3 is 0 Å². The number of methoxy groups -OCH3 is 1. The van der Waals surface area contributed by atoms with Crippen LogP contribution in [0.5, 0.6) is 5.75 Å². The number of nitrogens with zero attached hydrogens (tertiary/aromatic N) is 2. The minimum Gasteiger partial charge on any atom is -0.497 e. The molecule has 1 saturated heterocycles. The molecule has 29 heavy (non-hydrogen) atoms. The summed E-state index contributed by atoms with van der Waals surface area (Å²) < 4.78 is 16.2. The molecular weight excluding hydrogens is 370 g/mol. The highest BCUT2D eigenvalue weighted by Crippen LogP contribution is 2.25. The number of nitrogens with one attached hydrogen (secondary N) is 1. The molecule has 152 valence electrons. The van der Waals surface area contributed by atoms with Gasteiger partial charge in [-0.2, -0.15) is 0 Å². The van der Waals surface area contributed by atoms with E-state index >= 15 is 0 Å². The quantitative estimate of drug-likeness (QED) is 0.653. The summed E-state index contributed by atoms with van der Waals surface area (Å²) in [6.07, 6.45) is 5.26. The molecule has 3 heterocycles. The molecule has 7 nitrogen and oxygen atoms in total. The number of hydrogen-bond donors (Lipinski definition) is 1. The van der Waals surface area contributed by atoms with Crippen LogP contribution in [0.1, 0.15) is 41.6 Å². The molecule has 1 aromatic carbocycles. The Morgan fingerprint density at radius 1 is 1.21 bits per heavy atom. The Morgan fingerprint density at radius 3 is 2.69 bits per heavy atom. The smallest absolute Gasteiger partial charge is 0.273 e. The largest absolute Gasteiger partial charge is 0.497 e. The minimum absolute atomic E-state index is 0.0159. The van der Waals surface area contributed by atoms with Gasteiger partial charge in [-0.3, -0.25) is 9.69 Å². The van der Waals surface area contributed by atoms with Gasteiger partial charge < -0.3 is 19.0 Å². The first-order chi connectivity index (χ1) is 14.2. The third kappa shape index (κ3) is 4.51. The summed E-state index contributed by atoms with van der Waals surface area (Å²) in [5.41, 5.74) is 1.09. The second kappa shape index (κ2) is 8.96. The highest BCUT2D eigenvalue weighted by Gasteiger charge is 2.25. The molecule has 0 unspecified atom stereocenters.